The van der Waals surface area contributed by atoms with Gasteiger partial charge in [0.15, 0.2) is 0 Å². The summed E-state index contributed by atoms with van der Waals surface area (Å²) >= 11 is 0. The molecule has 2 unspecified atom stereocenters. The van der Waals surface area contributed by atoms with Gasteiger partial charge in [-0.1, -0.05) is 13.3 Å². The first-order valence-electron chi connectivity index (χ1n) is 5.51. The fraction of sp³-hybridized carbons (Fsp3) is 0.700. The molecule has 1 aliphatic carbocycles. The number of nitrogens with zero attached hydrogens (tertiary/aromatic N) is 3. The molecule has 1 aromatic heterocycles. The summed E-state index contributed by atoms with van der Waals surface area (Å²) in [5, 5.41) is 15.0. The lowest BCUT2D eigenvalue weighted by Crippen LogP contribution is -2.15. The topological polar surface area (TPSA) is 87.0 Å². The Morgan fingerprint density at radius 2 is 2.25 bits per heavy atom. The van der Waals surface area contributed by atoms with Crippen LogP contribution in [0.25, 0.3) is 0 Å². The second-order valence-electron chi connectivity index (χ2n) is 4.50. The van der Waals surface area contributed by atoms with Crippen LogP contribution in [0.1, 0.15) is 37.9 Å². The third-order valence-corrected chi connectivity index (χ3v) is 3.40. The number of hydrogen-bond acceptors (Lipinski definition) is 4. The van der Waals surface area contributed by atoms with Crippen molar-refractivity contribution in [2.24, 2.45) is 5.92 Å². The molecule has 0 bridgehead atoms. The van der Waals surface area contributed by atoms with Crippen LogP contribution in [0.4, 0.5) is 11.5 Å². The van der Waals surface area contributed by atoms with Gasteiger partial charge in [-0.15, -0.1) is 0 Å². The van der Waals surface area contributed by atoms with Crippen molar-refractivity contribution in [3.05, 3.63) is 15.8 Å². The van der Waals surface area contributed by atoms with Crippen LogP contribution < -0.4 is 5.73 Å². The SMILES string of the molecule is Cc1nn(C2CCCC2C)c(N)c1[N+](=O)[O-]. The number of nitrogens with two attached hydrogens (primary N) is 1. The highest BCUT2D eigenvalue weighted by molar-refractivity contribution is 5.56. The van der Waals surface area contributed by atoms with Crippen molar-refractivity contribution in [3.63, 3.8) is 0 Å². The van der Waals surface area contributed by atoms with Gasteiger partial charge in [-0.05, 0) is 25.7 Å². The quantitative estimate of drug-likeness (QED) is 0.615. The highest BCUT2D eigenvalue weighted by atomic mass is 16.6. The minimum absolute atomic E-state index is 0.0425. The number of rotatable bonds is 2. The van der Waals surface area contributed by atoms with Crippen LogP contribution in [0.2, 0.25) is 0 Å². The highest BCUT2D eigenvalue weighted by Gasteiger charge is 2.31. The molecule has 6 nitrogen and oxygen atoms in total. The minimum atomic E-state index is -0.451. The van der Waals surface area contributed by atoms with E-state index in [1.54, 1.807) is 11.6 Å². The fourth-order valence-electron chi connectivity index (χ4n) is 2.52. The first-order chi connectivity index (χ1) is 7.52. The first-order valence-corrected chi connectivity index (χ1v) is 5.51. The fourth-order valence-corrected chi connectivity index (χ4v) is 2.52. The van der Waals surface area contributed by atoms with Gasteiger partial charge >= 0.3 is 5.69 Å². The molecule has 0 amide bonds. The van der Waals surface area contributed by atoms with Gasteiger partial charge in [0.2, 0.25) is 5.82 Å². The van der Waals surface area contributed by atoms with Gasteiger partial charge in [0, 0.05) is 0 Å². The first kappa shape index (κ1) is 10.9. The van der Waals surface area contributed by atoms with Crippen molar-refractivity contribution < 1.29 is 4.92 Å². The molecule has 0 radical (unpaired) electrons. The summed E-state index contributed by atoms with van der Waals surface area (Å²) in [5.74, 6) is 0.683. The molecule has 1 fully saturated rings. The van der Waals surface area contributed by atoms with Crippen LogP contribution in [0.15, 0.2) is 0 Å². The van der Waals surface area contributed by atoms with Gasteiger partial charge in [0.25, 0.3) is 0 Å². The molecule has 16 heavy (non-hydrogen) atoms. The lowest BCUT2D eigenvalue weighted by molar-refractivity contribution is -0.384. The number of aromatic nitrogens is 2. The summed E-state index contributed by atoms with van der Waals surface area (Å²) in [4.78, 5) is 10.4. The van der Waals surface area contributed by atoms with E-state index in [1.807, 2.05) is 0 Å². The number of anilines is 1. The molecule has 0 saturated heterocycles. The average molecular weight is 224 g/mol. The second-order valence-corrected chi connectivity index (χ2v) is 4.50. The predicted octanol–water partition coefficient (Wildman–Crippen LogP) is 2.04. The molecule has 2 atom stereocenters. The van der Waals surface area contributed by atoms with Crippen molar-refractivity contribution in [2.75, 3.05) is 5.73 Å². The van der Waals surface area contributed by atoms with E-state index < -0.39 is 4.92 Å². The number of hydrogen-bond donors (Lipinski definition) is 1. The van der Waals surface area contributed by atoms with E-state index in [0.717, 1.165) is 19.3 Å². The number of nitro groups is 1. The Labute approximate surface area is 93.6 Å². The zero-order chi connectivity index (χ0) is 11.9. The standard InChI is InChI=1S/C10H16N4O2/c1-6-4-3-5-8(6)13-10(11)9(14(15)16)7(2)12-13/h6,8H,3-5,11H2,1-2H3. The van der Waals surface area contributed by atoms with Gasteiger partial charge in [0.1, 0.15) is 5.69 Å². The number of nitrogen functional groups attached to an aromatic ring is 1. The smallest absolute Gasteiger partial charge is 0.333 e. The summed E-state index contributed by atoms with van der Waals surface area (Å²) < 4.78 is 1.64. The van der Waals surface area contributed by atoms with Crippen molar-refractivity contribution in [2.45, 2.75) is 39.2 Å². The predicted molar refractivity (Wildman–Crippen MR) is 60.1 cm³/mol. The zero-order valence-corrected chi connectivity index (χ0v) is 9.51. The van der Waals surface area contributed by atoms with Crippen LogP contribution in [0, 0.1) is 23.0 Å². The molecule has 1 saturated carbocycles. The van der Waals surface area contributed by atoms with E-state index in [2.05, 4.69) is 12.0 Å². The minimum Gasteiger partial charge on any atom is -0.378 e. The summed E-state index contributed by atoms with van der Waals surface area (Å²) in [7, 11) is 0. The van der Waals surface area contributed by atoms with Crippen LogP contribution in [-0.2, 0) is 0 Å². The normalized spacial score (nSPS) is 24.9. The van der Waals surface area contributed by atoms with E-state index in [-0.39, 0.29) is 17.5 Å². The summed E-state index contributed by atoms with van der Waals surface area (Å²) in [6.07, 6.45) is 3.28. The van der Waals surface area contributed by atoms with E-state index in [1.165, 1.54) is 0 Å². The molecular formula is C10H16N4O2. The van der Waals surface area contributed by atoms with Crippen LogP contribution >= 0.6 is 0 Å². The van der Waals surface area contributed by atoms with Gasteiger partial charge in [-0.2, -0.15) is 5.10 Å². The van der Waals surface area contributed by atoms with E-state index >= 15 is 0 Å². The highest BCUT2D eigenvalue weighted by Crippen LogP contribution is 2.38. The van der Waals surface area contributed by atoms with Crippen LogP contribution in [0.5, 0.6) is 0 Å². The van der Waals surface area contributed by atoms with Crippen LogP contribution in [0.3, 0.4) is 0 Å². The van der Waals surface area contributed by atoms with Gasteiger partial charge < -0.3 is 5.73 Å². The summed E-state index contributed by atoms with van der Waals surface area (Å²) in [6.45, 7) is 3.77. The molecule has 0 aromatic carbocycles. The Kier molecular flexibility index (Phi) is 2.57. The van der Waals surface area contributed by atoms with Gasteiger partial charge in [-0.3, -0.25) is 10.1 Å². The van der Waals surface area contributed by atoms with Crippen molar-refractivity contribution in [1.82, 2.24) is 9.78 Å². The third-order valence-electron chi connectivity index (χ3n) is 3.40. The van der Waals surface area contributed by atoms with E-state index in [9.17, 15) is 10.1 Å². The monoisotopic (exact) mass is 224 g/mol. The maximum atomic E-state index is 10.8. The largest absolute Gasteiger partial charge is 0.378 e. The molecule has 1 heterocycles. The van der Waals surface area contributed by atoms with E-state index in [4.69, 9.17) is 5.73 Å². The Morgan fingerprint density at radius 3 is 2.69 bits per heavy atom. The Morgan fingerprint density at radius 1 is 1.56 bits per heavy atom. The average Bonchev–Trinajstić information content (AvgIpc) is 2.70. The number of aryl methyl sites for hydroxylation is 1. The maximum Gasteiger partial charge on any atom is 0.333 e. The summed E-state index contributed by atoms with van der Waals surface area (Å²) in [5.41, 5.74) is 6.17. The molecule has 0 spiro atoms. The third kappa shape index (κ3) is 1.54. The van der Waals surface area contributed by atoms with Crippen molar-refractivity contribution in [3.8, 4) is 0 Å². The molecule has 1 aromatic rings. The Hall–Kier alpha value is -1.59. The lowest BCUT2D eigenvalue weighted by atomic mass is 10.1. The van der Waals surface area contributed by atoms with Crippen molar-refractivity contribution in [1.29, 1.82) is 0 Å². The Balaban J connectivity index is 2.42. The van der Waals surface area contributed by atoms with Gasteiger partial charge in [-0.25, -0.2) is 4.68 Å². The van der Waals surface area contributed by atoms with Crippen molar-refractivity contribution >= 4 is 11.5 Å². The molecule has 88 valence electrons. The Bertz CT molecular complexity index is 427. The van der Waals surface area contributed by atoms with E-state index in [0.29, 0.717) is 11.6 Å². The molecule has 2 rings (SSSR count). The molecule has 2 N–H and O–H groups in total. The van der Waals surface area contributed by atoms with Gasteiger partial charge in [0.05, 0.1) is 11.0 Å². The zero-order valence-electron chi connectivity index (χ0n) is 9.51. The molecule has 6 heteroatoms. The molecular weight excluding hydrogens is 208 g/mol. The maximum absolute atomic E-state index is 10.8. The lowest BCUT2D eigenvalue weighted by Gasteiger charge is -2.16. The second kappa shape index (κ2) is 3.77. The summed E-state index contributed by atoms with van der Waals surface area (Å²) in [6, 6.07) is 0.215. The molecule has 1 aliphatic rings. The van der Waals surface area contributed by atoms with Crippen LogP contribution in [-0.4, -0.2) is 14.7 Å². The molecule has 0 aliphatic heterocycles.